The molecule has 82 valence electrons. The molecule has 0 unspecified atom stereocenters. The van der Waals surface area contributed by atoms with Crippen molar-refractivity contribution in [2.75, 3.05) is 13.2 Å². The molecule has 0 spiro atoms. The Morgan fingerprint density at radius 2 is 2.07 bits per heavy atom. The average Bonchev–Trinajstić information content (AvgIpc) is 2.38. The van der Waals surface area contributed by atoms with Gasteiger partial charge in [-0.1, -0.05) is 18.2 Å². The fourth-order valence-electron chi connectivity index (χ4n) is 1.52. The number of rotatable bonds is 1. The Morgan fingerprint density at radius 1 is 1.33 bits per heavy atom. The molecule has 0 saturated heterocycles. The SMILES string of the molecule is NS(=O)(=O)N1CCOc2ccccc2C1. The summed E-state index contributed by atoms with van der Waals surface area (Å²) >= 11 is 0. The lowest BCUT2D eigenvalue weighted by molar-refractivity contribution is 0.293. The van der Waals surface area contributed by atoms with Gasteiger partial charge in [-0.3, -0.25) is 0 Å². The zero-order chi connectivity index (χ0) is 10.9. The summed E-state index contributed by atoms with van der Waals surface area (Å²) in [5.74, 6) is 0.726. The maximum absolute atomic E-state index is 11.2. The lowest BCUT2D eigenvalue weighted by atomic mass is 10.2. The average molecular weight is 228 g/mol. The lowest BCUT2D eigenvalue weighted by Gasteiger charge is -2.15. The summed E-state index contributed by atoms with van der Waals surface area (Å²) in [5.41, 5.74) is 0.837. The molecule has 5 nitrogen and oxygen atoms in total. The van der Waals surface area contributed by atoms with Crippen LogP contribution in [0.1, 0.15) is 5.56 Å². The fourth-order valence-corrected chi connectivity index (χ4v) is 2.17. The van der Waals surface area contributed by atoms with E-state index in [1.807, 2.05) is 24.3 Å². The second-order valence-electron chi connectivity index (χ2n) is 3.33. The van der Waals surface area contributed by atoms with Crippen molar-refractivity contribution in [1.29, 1.82) is 0 Å². The van der Waals surface area contributed by atoms with E-state index in [1.54, 1.807) is 0 Å². The number of benzene rings is 1. The molecule has 15 heavy (non-hydrogen) atoms. The van der Waals surface area contributed by atoms with Crippen molar-refractivity contribution in [2.24, 2.45) is 5.14 Å². The van der Waals surface area contributed by atoms with Gasteiger partial charge in [-0.2, -0.15) is 12.7 Å². The molecule has 1 aromatic carbocycles. The van der Waals surface area contributed by atoms with Gasteiger partial charge in [-0.15, -0.1) is 0 Å². The van der Waals surface area contributed by atoms with E-state index in [9.17, 15) is 8.42 Å². The quantitative estimate of drug-likeness (QED) is 0.740. The number of nitrogens with zero attached hydrogens (tertiary/aromatic N) is 1. The number of para-hydroxylation sites is 1. The van der Waals surface area contributed by atoms with Crippen LogP contribution in [0.3, 0.4) is 0 Å². The van der Waals surface area contributed by atoms with Crippen LogP contribution in [0, 0.1) is 0 Å². The summed E-state index contributed by atoms with van der Waals surface area (Å²) in [6.07, 6.45) is 0. The first-order valence-corrected chi connectivity index (χ1v) is 6.06. The first-order valence-electron chi connectivity index (χ1n) is 4.56. The van der Waals surface area contributed by atoms with Gasteiger partial charge in [-0.25, -0.2) is 5.14 Å². The standard InChI is InChI=1S/C9H12N2O3S/c10-15(12,13)11-5-6-14-9-4-2-1-3-8(9)7-11/h1-4H,5-7H2,(H2,10,12,13). The third kappa shape index (κ3) is 2.28. The highest BCUT2D eigenvalue weighted by molar-refractivity contribution is 7.86. The van der Waals surface area contributed by atoms with Gasteiger partial charge in [0.25, 0.3) is 10.2 Å². The maximum atomic E-state index is 11.2. The second kappa shape index (κ2) is 3.80. The minimum atomic E-state index is -3.64. The van der Waals surface area contributed by atoms with Crippen LogP contribution in [0.4, 0.5) is 0 Å². The normalized spacial score (nSPS) is 17.7. The Labute approximate surface area is 88.6 Å². The predicted octanol–water partition coefficient (Wildman–Crippen LogP) is 0.0845. The first-order chi connectivity index (χ1) is 7.07. The summed E-state index contributed by atoms with van der Waals surface area (Å²) < 4.78 is 29.0. The van der Waals surface area contributed by atoms with E-state index < -0.39 is 10.2 Å². The van der Waals surface area contributed by atoms with Gasteiger partial charge in [0.15, 0.2) is 0 Å². The maximum Gasteiger partial charge on any atom is 0.277 e. The van der Waals surface area contributed by atoms with E-state index in [0.717, 1.165) is 11.3 Å². The molecular formula is C9H12N2O3S. The van der Waals surface area contributed by atoms with Crippen LogP contribution in [0.25, 0.3) is 0 Å². The highest BCUT2D eigenvalue weighted by Gasteiger charge is 2.22. The molecule has 0 aliphatic carbocycles. The third-order valence-corrected chi connectivity index (χ3v) is 3.31. The minimum absolute atomic E-state index is 0.273. The van der Waals surface area contributed by atoms with Crippen molar-refractivity contribution >= 4 is 10.2 Å². The molecule has 0 radical (unpaired) electrons. The minimum Gasteiger partial charge on any atom is -0.492 e. The Bertz CT molecular complexity index is 458. The van der Waals surface area contributed by atoms with Crippen molar-refractivity contribution < 1.29 is 13.2 Å². The Balaban J connectivity index is 2.33. The second-order valence-corrected chi connectivity index (χ2v) is 4.88. The zero-order valence-corrected chi connectivity index (χ0v) is 8.90. The largest absolute Gasteiger partial charge is 0.492 e. The summed E-state index contributed by atoms with van der Waals surface area (Å²) in [6.45, 7) is 0.885. The van der Waals surface area contributed by atoms with Gasteiger partial charge < -0.3 is 4.74 Å². The molecule has 0 fully saturated rings. The number of ether oxygens (including phenoxy) is 1. The molecule has 1 aliphatic heterocycles. The van der Waals surface area contributed by atoms with Gasteiger partial charge in [0.05, 0.1) is 0 Å². The van der Waals surface area contributed by atoms with Gasteiger partial charge >= 0.3 is 0 Å². The molecule has 0 bridgehead atoms. The molecule has 2 N–H and O–H groups in total. The highest BCUT2D eigenvalue weighted by Crippen LogP contribution is 2.22. The number of hydrogen-bond donors (Lipinski definition) is 1. The van der Waals surface area contributed by atoms with Crippen molar-refractivity contribution in [1.82, 2.24) is 4.31 Å². The Morgan fingerprint density at radius 3 is 2.80 bits per heavy atom. The third-order valence-electron chi connectivity index (χ3n) is 2.28. The van der Waals surface area contributed by atoms with Crippen molar-refractivity contribution in [3.63, 3.8) is 0 Å². The number of fused-ring (bicyclic) bond motifs is 1. The molecule has 0 aromatic heterocycles. The van der Waals surface area contributed by atoms with Crippen LogP contribution in [-0.4, -0.2) is 25.9 Å². The van der Waals surface area contributed by atoms with Crippen LogP contribution in [0.2, 0.25) is 0 Å². The molecule has 1 aromatic rings. The van der Waals surface area contributed by atoms with Gasteiger partial charge in [0, 0.05) is 18.7 Å². The Hall–Kier alpha value is -1.11. The van der Waals surface area contributed by atoms with E-state index in [0.29, 0.717) is 6.61 Å². The first kappa shape index (κ1) is 10.4. The van der Waals surface area contributed by atoms with Gasteiger partial charge in [0.2, 0.25) is 0 Å². The molecule has 1 aliphatic rings. The van der Waals surface area contributed by atoms with Crippen LogP contribution in [0.15, 0.2) is 24.3 Å². The molecule has 6 heteroatoms. The highest BCUT2D eigenvalue weighted by atomic mass is 32.2. The van der Waals surface area contributed by atoms with Crippen LogP contribution >= 0.6 is 0 Å². The van der Waals surface area contributed by atoms with E-state index >= 15 is 0 Å². The monoisotopic (exact) mass is 228 g/mol. The summed E-state index contributed by atoms with van der Waals surface area (Å²) in [7, 11) is -3.64. The molecule has 2 rings (SSSR count). The van der Waals surface area contributed by atoms with Crippen molar-refractivity contribution in [2.45, 2.75) is 6.54 Å². The predicted molar refractivity (Wildman–Crippen MR) is 55.5 cm³/mol. The Kier molecular flexibility index (Phi) is 2.64. The van der Waals surface area contributed by atoms with Crippen LogP contribution in [-0.2, 0) is 16.8 Å². The van der Waals surface area contributed by atoms with Crippen molar-refractivity contribution in [3.8, 4) is 5.75 Å². The topological polar surface area (TPSA) is 72.6 Å². The number of hydrogen-bond acceptors (Lipinski definition) is 3. The fraction of sp³-hybridized carbons (Fsp3) is 0.333. The smallest absolute Gasteiger partial charge is 0.277 e. The van der Waals surface area contributed by atoms with E-state index in [1.165, 1.54) is 4.31 Å². The summed E-state index contributed by atoms with van der Waals surface area (Å²) in [5, 5.41) is 5.08. The van der Waals surface area contributed by atoms with Gasteiger partial charge in [-0.05, 0) is 6.07 Å². The van der Waals surface area contributed by atoms with Crippen LogP contribution < -0.4 is 9.88 Å². The lowest BCUT2D eigenvalue weighted by Crippen LogP contribution is -2.37. The summed E-state index contributed by atoms with van der Waals surface area (Å²) in [4.78, 5) is 0. The summed E-state index contributed by atoms with van der Waals surface area (Å²) in [6, 6.07) is 7.35. The molecular weight excluding hydrogens is 216 g/mol. The van der Waals surface area contributed by atoms with Crippen LogP contribution in [0.5, 0.6) is 5.75 Å². The molecule has 0 saturated carbocycles. The number of nitrogens with two attached hydrogens (primary N) is 1. The zero-order valence-electron chi connectivity index (χ0n) is 8.09. The molecule has 0 amide bonds. The van der Waals surface area contributed by atoms with E-state index in [-0.39, 0.29) is 13.1 Å². The molecule has 1 heterocycles. The van der Waals surface area contributed by atoms with Crippen molar-refractivity contribution in [3.05, 3.63) is 29.8 Å². The molecule has 0 atom stereocenters. The van der Waals surface area contributed by atoms with E-state index in [2.05, 4.69) is 0 Å². The van der Waals surface area contributed by atoms with Gasteiger partial charge in [0.1, 0.15) is 12.4 Å². The van der Waals surface area contributed by atoms with E-state index in [4.69, 9.17) is 9.88 Å².